The van der Waals surface area contributed by atoms with Crippen LogP contribution in [0.2, 0.25) is 5.02 Å². The summed E-state index contributed by atoms with van der Waals surface area (Å²) in [5.74, 6) is 1.73. The second-order valence-electron chi connectivity index (χ2n) is 6.11. The van der Waals surface area contributed by atoms with Crippen LogP contribution in [0.1, 0.15) is 12.5 Å². The Balaban J connectivity index is 2.07. The minimum atomic E-state index is -0.373. The first kappa shape index (κ1) is 20.9. The van der Waals surface area contributed by atoms with Gasteiger partial charge >= 0.3 is 0 Å². The van der Waals surface area contributed by atoms with Gasteiger partial charge in [0.15, 0.2) is 11.5 Å². The van der Waals surface area contributed by atoms with Crippen molar-refractivity contribution in [3.05, 3.63) is 47.0 Å². The van der Waals surface area contributed by atoms with Gasteiger partial charge in [-0.2, -0.15) is 0 Å². The molecule has 1 atom stereocenters. The number of hydrogen-bond donors (Lipinski definition) is 1. The van der Waals surface area contributed by atoms with Gasteiger partial charge in [-0.3, -0.25) is 9.69 Å². The molecule has 0 aliphatic rings. The average molecular weight is 393 g/mol. The molecule has 2 aromatic carbocycles. The fourth-order valence-electron chi connectivity index (χ4n) is 2.62. The van der Waals surface area contributed by atoms with Gasteiger partial charge in [-0.25, -0.2) is 0 Å². The number of nitrogens with zero attached hydrogens (tertiary/aromatic N) is 1. The van der Waals surface area contributed by atoms with Crippen molar-refractivity contribution in [3.63, 3.8) is 0 Å². The number of benzene rings is 2. The molecule has 0 aliphatic heterocycles. The van der Waals surface area contributed by atoms with Gasteiger partial charge in [0.2, 0.25) is 5.91 Å². The summed E-state index contributed by atoms with van der Waals surface area (Å²) in [5, 5.41) is 3.40. The van der Waals surface area contributed by atoms with Gasteiger partial charge in [0.25, 0.3) is 0 Å². The van der Waals surface area contributed by atoms with E-state index in [1.807, 2.05) is 37.1 Å². The van der Waals surface area contributed by atoms with E-state index in [9.17, 15) is 4.79 Å². The second kappa shape index (κ2) is 9.48. The molecule has 1 N–H and O–H groups in total. The highest BCUT2D eigenvalue weighted by molar-refractivity contribution is 6.31. The standard InChI is InChI=1S/C20H25ClN2O4/c1-13(20(24)22-16-11-15(21)7-9-17(16)25-3)23(2)12-14-6-8-18(26-4)19(10-14)27-5/h6-11,13H,12H2,1-5H3,(H,22,24)/t13-/m0/s1. The first-order chi connectivity index (χ1) is 12.9. The number of carbonyl (C=O) groups excluding carboxylic acids is 1. The SMILES string of the molecule is COc1ccc(Cl)cc1NC(=O)[C@H](C)N(C)Cc1ccc(OC)c(OC)c1. The van der Waals surface area contributed by atoms with E-state index in [1.54, 1.807) is 39.5 Å². The molecule has 27 heavy (non-hydrogen) atoms. The maximum Gasteiger partial charge on any atom is 0.241 e. The lowest BCUT2D eigenvalue weighted by Crippen LogP contribution is -2.39. The molecule has 0 saturated carbocycles. The van der Waals surface area contributed by atoms with Crippen molar-refractivity contribution >= 4 is 23.2 Å². The molecule has 0 bridgehead atoms. The predicted octanol–water partition coefficient (Wildman–Crippen LogP) is 3.82. The van der Waals surface area contributed by atoms with Gasteiger partial charge in [-0.05, 0) is 49.9 Å². The monoisotopic (exact) mass is 392 g/mol. The molecule has 0 aromatic heterocycles. The van der Waals surface area contributed by atoms with E-state index < -0.39 is 0 Å². The van der Waals surface area contributed by atoms with E-state index in [0.29, 0.717) is 34.5 Å². The molecule has 0 saturated heterocycles. The minimum Gasteiger partial charge on any atom is -0.495 e. The third-order valence-corrected chi connectivity index (χ3v) is 4.58. The highest BCUT2D eigenvalue weighted by Crippen LogP contribution is 2.29. The molecule has 1 amide bonds. The molecule has 0 aliphatic carbocycles. The van der Waals surface area contributed by atoms with Crippen LogP contribution in [0, 0.1) is 0 Å². The number of nitrogens with one attached hydrogen (secondary N) is 1. The fourth-order valence-corrected chi connectivity index (χ4v) is 2.79. The Kier molecular flexibility index (Phi) is 7.33. The molecule has 0 fully saturated rings. The maximum absolute atomic E-state index is 12.7. The Hall–Kier alpha value is -2.44. The summed E-state index contributed by atoms with van der Waals surface area (Å²) in [5.41, 5.74) is 1.55. The summed E-state index contributed by atoms with van der Waals surface area (Å²) in [7, 11) is 6.63. The third-order valence-electron chi connectivity index (χ3n) is 4.34. The second-order valence-corrected chi connectivity index (χ2v) is 6.55. The summed E-state index contributed by atoms with van der Waals surface area (Å²) >= 11 is 6.02. The molecule has 146 valence electrons. The Morgan fingerprint density at radius 2 is 1.67 bits per heavy atom. The first-order valence-electron chi connectivity index (χ1n) is 8.45. The summed E-state index contributed by atoms with van der Waals surface area (Å²) in [6, 6.07) is 10.4. The summed E-state index contributed by atoms with van der Waals surface area (Å²) in [6.07, 6.45) is 0. The van der Waals surface area contributed by atoms with Gasteiger partial charge in [-0.15, -0.1) is 0 Å². The zero-order valence-corrected chi connectivity index (χ0v) is 17.0. The van der Waals surface area contributed by atoms with Crippen LogP contribution in [0.3, 0.4) is 0 Å². The number of ether oxygens (including phenoxy) is 3. The number of halogens is 1. The number of hydrogen-bond acceptors (Lipinski definition) is 5. The molecule has 0 spiro atoms. The zero-order chi connectivity index (χ0) is 20.0. The quantitative estimate of drug-likeness (QED) is 0.739. The highest BCUT2D eigenvalue weighted by Gasteiger charge is 2.20. The summed E-state index contributed by atoms with van der Waals surface area (Å²) in [6.45, 7) is 2.41. The first-order valence-corrected chi connectivity index (χ1v) is 8.83. The Bertz CT molecular complexity index is 798. The van der Waals surface area contributed by atoms with Crippen LogP contribution < -0.4 is 19.5 Å². The minimum absolute atomic E-state index is 0.154. The van der Waals surface area contributed by atoms with E-state index in [1.165, 1.54) is 0 Å². The fraction of sp³-hybridized carbons (Fsp3) is 0.350. The number of anilines is 1. The molecule has 0 radical (unpaired) electrons. The molecule has 2 rings (SSSR count). The van der Waals surface area contributed by atoms with E-state index in [0.717, 1.165) is 5.56 Å². The summed E-state index contributed by atoms with van der Waals surface area (Å²) < 4.78 is 15.9. The summed E-state index contributed by atoms with van der Waals surface area (Å²) in [4.78, 5) is 14.6. The largest absolute Gasteiger partial charge is 0.495 e. The lowest BCUT2D eigenvalue weighted by molar-refractivity contribution is -0.120. The van der Waals surface area contributed by atoms with E-state index >= 15 is 0 Å². The lowest BCUT2D eigenvalue weighted by atomic mass is 10.1. The normalized spacial score (nSPS) is 11.8. The van der Waals surface area contributed by atoms with Gasteiger partial charge in [0, 0.05) is 11.6 Å². The Morgan fingerprint density at radius 1 is 1.04 bits per heavy atom. The maximum atomic E-state index is 12.7. The predicted molar refractivity (Wildman–Crippen MR) is 107 cm³/mol. The Labute approximate surface area is 165 Å². The number of likely N-dealkylation sites (N-methyl/N-ethyl adjacent to an activating group) is 1. The van der Waals surface area contributed by atoms with Crippen LogP contribution in [0.5, 0.6) is 17.2 Å². The van der Waals surface area contributed by atoms with Crippen LogP contribution in [0.15, 0.2) is 36.4 Å². The van der Waals surface area contributed by atoms with Crippen molar-refractivity contribution < 1.29 is 19.0 Å². The van der Waals surface area contributed by atoms with Crippen LogP contribution in [0.25, 0.3) is 0 Å². The molecule has 7 heteroatoms. The lowest BCUT2D eigenvalue weighted by Gasteiger charge is -2.24. The molecule has 0 unspecified atom stereocenters. The van der Waals surface area contributed by atoms with Crippen LogP contribution in [-0.2, 0) is 11.3 Å². The molecule has 6 nitrogen and oxygen atoms in total. The van der Waals surface area contributed by atoms with Crippen molar-refractivity contribution in [1.82, 2.24) is 4.90 Å². The zero-order valence-electron chi connectivity index (χ0n) is 16.2. The van der Waals surface area contributed by atoms with Crippen molar-refractivity contribution in [2.45, 2.75) is 19.5 Å². The Morgan fingerprint density at radius 3 is 2.30 bits per heavy atom. The van der Waals surface area contributed by atoms with Crippen molar-refractivity contribution in [2.75, 3.05) is 33.7 Å². The van der Waals surface area contributed by atoms with Gasteiger partial charge in [0.1, 0.15) is 5.75 Å². The van der Waals surface area contributed by atoms with Crippen LogP contribution in [-0.4, -0.2) is 45.2 Å². The highest BCUT2D eigenvalue weighted by atomic mass is 35.5. The number of methoxy groups -OCH3 is 3. The van der Waals surface area contributed by atoms with Crippen molar-refractivity contribution in [1.29, 1.82) is 0 Å². The van der Waals surface area contributed by atoms with E-state index in [4.69, 9.17) is 25.8 Å². The molecular formula is C20H25ClN2O4. The average Bonchev–Trinajstić information content (AvgIpc) is 2.67. The molecule has 0 heterocycles. The number of amides is 1. The van der Waals surface area contributed by atoms with Crippen molar-refractivity contribution in [3.8, 4) is 17.2 Å². The van der Waals surface area contributed by atoms with Gasteiger partial charge in [0.05, 0.1) is 33.1 Å². The smallest absolute Gasteiger partial charge is 0.241 e. The van der Waals surface area contributed by atoms with Gasteiger partial charge < -0.3 is 19.5 Å². The van der Waals surface area contributed by atoms with Crippen molar-refractivity contribution in [2.24, 2.45) is 0 Å². The molecular weight excluding hydrogens is 368 g/mol. The van der Waals surface area contributed by atoms with Gasteiger partial charge in [-0.1, -0.05) is 17.7 Å². The van der Waals surface area contributed by atoms with E-state index in [-0.39, 0.29) is 11.9 Å². The number of rotatable bonds is 8. The third kappa shape index (κ3) is 5.28. The molecule has 2 aromatic rings. The number of carbonyl (C=O) groups is 1. The van der Waals surface area contributed by atoms with Crippen LogP contribution >= 0.6 is 11.6 Å². The topological polar surface area (TPSA) is 60.0 Å². The van der Waals surface area contributed by atoms with Crippen LogP contribution in [0.4, 0.5) is 5.69 Å². The van der Waals surface area contributed by atoms with E-state index in [2.05, 4.69) is 5.32 Å².